The predicted octanol–water partition coefficient (Wildman–Crippen LogP) is 4.51. The van der Waals surface area contributed by atoms with Gasteiger partial charge < -0.3 is 10.1 Å². The van der Waals surface area contributed by atoms with Crippen molar-refractivity contribution in [3.63, 3.8) is 0 Å². The number of carbonyl (C=O) groups is 3. The molecule has 1 aromatic carbocycles. The minimum Gasteiger partial charge on any atom is -0.444 e. The molecule has 0 saturated carbocycles. The van der Waals surface area contributed by atoms with Crippen LogP contribution in [-0.2, 0) is 27.8 Å². The summed E-state index contributed by atoms with van der Waals surface area (Å²) in [6.07, 6.45) is 10.0. The second kappa shape index (κ2) is 12.9. The van der Waals surface area contributed by atoms with E-state index < -0.39 is 17.6 Å². The van der Waals surface area contributed by atoms with E-state index >= 15 is 0 Å². The lowest BCUT2D eigenvalue weighted by molar-refractivity contribution is -0.135. The third-order valence-electron chi connectivity index (χ3n) is 6.75. The van der Waals surface area contributed by atoms with Crippen LogP contribution in [-0.4, -0.2) is 39.2 Å². The highest BCUT2D eigenvalue weighted by atomic mass is 16.6. The van der Waals surface area contributed by atoms with Crippen LogP contribution in [0.4, 0.5) is 4.79 Å². The first kappa shape index (κ1) is 28.5. The van der Waals surface area contributed by atoms with Crippen LogP contribution in [0.2, 0.25) is 0 Å². The summed E-state index contributed by atoms with van der Waals surface area (Å²) in [5.41, 5.74) is 2.05. The number of piperidine rings is 1. The molecule has 1 aliphatic heterocycles. The van der Waals surface area contributed by atoms with E-state index in [-0.39, 0.29) is 24.1 Å². The molecule has 1 unspecified atom stereocenters. The van der Waals surface area contributed by atoms with E-state index in [2.05, 4.69) is 16.7 Å². The molecule has 1 atom stereocenters. The highest BCUT2D eigenvalue weighted by molar-refractivity contribution is 6.00. The van der Waals surface area contributed by atoms with Crippen molar-refractivity contribution in [2.45, 2.75) is 103 Å². The van der Waals surface area contributed by atoms with Gasteiger partial charge in [0.15, 0.2) is 0 Å². The van der Waals surface area contributed by atoms with Crippen molar-refractivity contribution in [2.75, 3.05) is 6.54 Å². The Kier molecular flexibility index (Phi) is 9.94. The van der Waals surface area contributed by atoms with Gasteiger partial charge in [0.25, 0.3) is 0 Å². The molecule has 2 heterocycles. The van der Waals surface area contributed by atoms with Gasteiger partial charge in [-0.15, -0.1) is 0 Å². The molecule has 0 radical (unpaired) electrons. The Hall–Kier alpha value is -3.10. The zero-order valence-electron chi connectivity index (χ0n) is 22.7. The molecule has 0 spiro atoms. The van der Waals surface area contributed by atoms with Crippen LogP contribution >= 0.6 is 0 Å². The highest BCUT2D eigenvalue weighted by Crippen LogP contribution is 2.26. The summed E-state index contributed by atoms with van der Waals surface area (Å²) in [5.74, 6) is -0.694. The summed E-state index contributed by atoms with van der Waals surface area (Å²) < 4.78 is 8.41. The topological polar surface area (TPSA) is 111 Å². The molecular formula is C28H42N4O5. The molecule has 1 fully saturated rings. The van der Waals surface area contributed by atoms with E-state index in [1.165, 1.54) is 19.3 Å². The van der Waals surface area contributed by atoms with Gasteiger partial charge in [-0.25, -0.2) is 9.59 Å². The van der Waals surface area contributed by atoms with Crippen LogP contribution in [0.3, 0.4) is 0 Å². The maximum Gasteiger partial charge on any atom is 0.407 e. The van der Waals surface area contributed by atoms with Crippen molar-refractivity contribution < 1.29 is 19.1 Å². The Labute approximate surface area is 218 Å². The van der Waals surface area contributed by atoms with Gasteiger partial charge in [-0.05, 0) is 58.1 Å². The number of amides is 3. The van der Waals surface area contributed by atoms with E-state index in [9.17, 15) is 19.2 Å². The standard InChI is InChI=1S/C28H42N4O5/c1-28(2,3)37-26(35)29-19-12-10-8-6-5-7-9-11-14-20-15-13-16-21-24(20)31(4)27(36)32(21)22-17-18-23(33)30-25(22)34/h13,15-16,22H,5-12,14,17-19H2,1-4H3,(H,29,35)(H,30,33,34). The van der Waals surface area contributed by atoms with E-state index in [1.54, 1.807) is 16.2 Å². The first-order chi connectivity index (χ1) is 17.6. The second-order valence-electron chi connectivity index (χ2n) is 11.0. The fourth-order valence-electron chi connectivity index (χ4n) is 4.96. The number of hydrogen-bond donors (Lipinski definition) is 2. The number of aryl methyl sites for hydroxylation is 2. The maximum absolute atomic E-state index is 13.0. The lowest BCUT2D eigenvalue weighted by Crippen LogP contribution is -2.44. The SMILES string of the molecule is Cn1c(=O)n(C2CCC(=O)NC2=O)c2cccc(CCCCCCCCCCNC(=O)OC(C)(C)C)c21. The molecule has 3 amide bonds. The van der Waals surface area contributed by atoms with E-state index in [0.29, 0.717) is 13.0 Å². The number of unbranched alkanes of at least 4 members (excludes halogenated alkanes) is 7. The lowest BCUT2D eigenvalue weighted by atomic mass is 10.0. The molecule has 9 heteroatoms. The first-order valence-corrected chi connectivity index (χ1v) is 13.6. The fraction of sp³-hybridized carbons (Fsp3) is 0.643. The third kappa shape index (κ3) is 7.94. The monoisotopic (exact) mass is 514 g/mol. The molecule has 2 aromatic rings. The van der Waals surface area contributed by atoms with E-state index in [4.69, 9.17) is 4.74 Å². The van der Waals surface area contributed by atoms with Crippen molar-refractivity contribution in [3.8, 4) is 0 Å². The number of rotatable bonds is 12. The van der Waals surface area contributed by atoms with Gasteiger partial charge in [-0.3, -0.25) is 24.0 Å². The molecule has 2 N–H and O–H groups in total. The summed E-state index contributed by atoms with van der Waals surface area (Å²) in [6, 6.07) is 5.23. The fourth-order valence-corrected chi connectivity index (χ4v) is 4.96. The third-order valence-corrected chi connectivity index (χ3v) is 6.75. The summed E-state index contributed by atoms with van der Waals surface area (Å²) in [6.45, 7) is 6.22. The Morgan fingerprint density at radius 3 is 2.32 bits per heavy atom. The Morgan fingerprint density at radius 2 is 1.68 bits per heavy atom. The van der Waals surface area contributed by atoms with Crippen LogP contribution < -0.4 is 16.3 Å². The average molecular weight is 515 g/mol. The summed E-state index contributed by atoms with van der Waals surface area (Å²) in [5, 5.41) is 5.16. The van der Waals surface area contributed by atoms with Crippen molar-refractivity contribution in [3.05, 3.63) is 34.2 Å². The van der Waals surface area contributed by atoms with Gasteiger partial charge in [0.1, 0.15) is 11.6 Å². The number of alkyl carbamates (subject to hydrolysis) is 1. The first-order valence-electron chi connectivity index (χ1n) is 13.6. The summed E-state index contributed by atoms with van der Waals surface area (Å²) in [4.78, 5) is 48.6. The van der Waals surface area contributed by atoms with Gasteiger partial charge in [0, 0.05) is 20.0 Å². The molecule has 1 aliphatic rings. The Balaban J connectivity index is 1.39. The van der Waals surface area contributed by atoms with E-state index in [0.717, 1.165) is 55.1 Å². The average Bonchev–Trinajstić information content (AvgIpc) is 3.07. The zero-order chi connectivity index (χ0) is 27.0. The van der Waals surface area contributed by atoms with Crippen LogP contribution in [0, 0.1) is 0 Å². The number of nitrogens with one attached hydrogen (secondary N) is 2. The van der Waals surface area contributed by atoms with Gasteiger partial charge in [0.2, 0.25) is 11.8 Å². The van der Waals surface area contributed by atoms with Crippen LogP contribution in [0.5, 0.6) is 0 Å². The molecule has 0 aliphatic carbocycles. The minimum absolute atomic E-state index is 0.224. The van der Waals surface area contributed by atoms with Crippen molar-refractivity contribution in [1.82, 2.24) is 19.8 Å². The molecule has 204 valence electrons. The molecular weight excluding hydrogens is 472 g/mol. The zero-order valence-corrected chi connectivity index (χ0v) is 22.7. The molecule has 3 rings (SSSR count). The Bertz CT molecular complexity index is 1160. The number of imide groups is 1. The number of hydrogen-bond acceptors (Lipinski definition) is 5. The quantitative estimate of drug-likeness (QED) is 0.320. The van der Waals surface area contributed by atoms with Crippen molar-refractivity contribution in [2.24, 2.45) is 7.05 Å². The number of aromatic nitrogens is 2. The van der Waals surface area contributed by atoms with Gasteiger partial charge in [-0.1, -0.05) is 50.7 Å². The number of benzene rings is 1. The van der Waals surface area contributed by atoms with E-state index in [1.807, 2.05) is 32.9 Å². The number of nitrogens with zero attached hydrogens (tertiary/aromatic N) is 2. The predicted molar refractivity (Wildman–Crippen MR) is 143 cm³/mol. The molecule has 9 nitrogen and oxygen atoms in total. The summed E-state index contributed by atoms with van der Waals surface area (Å²) >= 11 is 0. The second-order valence-corrected chi connectivity index (χ2v) is 11.0. The smallest absolute Gasteiger partial charge is 0.407 e. The van der Waals surface area contributed by atoms with Crippen molar-refractivity contribution in [1.29, 1.82) is 0 Å². The van der Waals surface area contributed by atoms with Gasteiger partial charge >= 0.3 is 11.8 Å². The normalized spacial score (nSPS) is 16.2. The van der Waals surface area contributed by atoms with Gasteiger partial charge in [0.05, 0.1) is 11.0 Å². The lowest BCUT2D eigenvalue weighted by Gasteiger charge is -2.21. The van der Waals surface area contributed by atoms with Crippen LogP contribution in [0.15, 0.2) is 23.0 Å². The largest absolute Gasteiger partial charge is 0.444 e. The number of fused-ring (bicyclic) bond motifs is 1. The number of para-hydroxylation sites is 1. The molecule has 1 saturated heterocycles. The molecule has 1 aromatic heterocycles. The number of carbonyl (C=O) groups excluding carboxylic acids is 3. The Morgan fingerprint density at radius 1 is 1.03 bits per heavy atom. The number of imidazole rings is 1. The van der Waals surface area contributed by atoms with Gasteiger partial charge in [-0.2, -0.15) is 0 Å². The minimum atomic E-state index is -0.655. The summed E-state index contributed by atoms with van der Waals surface area (Å²) in [7, 11) is 1.75. The molecule has 0 bridgehead atoms. The van der Waals surface area contributed by atoms with Crippen LogP contribution in [0.25, 0.3) is 11.0 Å². The highest BCUT2D eigenvalue weighted by Gasteiger charge is 2.31. The molecule has 37 heavy (non-hydrogen) atoms. The number of ether oxygens (including phenoxy) is 1. The maximum atomic E-state index is 13.0. The van der Waals surface area contributed by atoms with Crippen molar-refractivity contribution >= 4 is 28.9 Å². The van der Waals surface area contributed by atoms with Crippen LogP contribution in [0.1, 0.15) is 96.6 Å².